The van der Waals surface area contributed by atoms with Gasteiger partial charge < -0.3 is 4.74 Å². The minimum absolute atomic E-state index is 0.0959. The highest BCUT2D eigenvalue weighted by atomic mass is 35.5. The van der Waals surface area contributed by atoms with Crippen molar-refractivity contribution in [3.63, 3.8) is 0 Å². The Labute approximate surface area is 190 Å². The lowest BCUT2D eigenvalue weighted by molar-refractivity contribution is -0.616. The first kappa shape index (κ1) is 21.5. The molecule has 0 saturated carbocycles. The van der Waals surface area contributed by atoms with Crippen LogP contribution in [-0.2, 0) is 4.74 Å². The molecule has 158 valence electrons. The quantitative estimate of drug-likeness (QED) is 0.350. The third-order valence-corrected chi connectivity index (χ3v) is 7.19. The van der Waals surface area contributed by atoms with Crippen LogP contribution in [0.25, 0.3) is 0 Å². The van der Waals surface area contributed by atoms with E-state index in [0.29, 0.717) is 12.0 Å². The van der Waals surface area contributed by atoms with Gasteiger partial charge in [-0.2, -0.15) is 4.58 Å². The number of benzene rings is 2. The molecule has 0 spiro atoms. The van der Waals surface area contributed by atoms with Gasteiger partial charge in [0.2, 0.25) is 0 Å². The van der Waals surface area contributed by atoms with Gasteiger partial charge in [-0.15, -0.1) is 6.58 Å². The van der Waals surface area contributed by atoms with E-state index in [1.165, 1.54) is 11.1 Å². The highest BCUT2D eigenvalue weighted by molar-refractivity contribution is 6.30. The lowest BCUT2D eigenvalue weighted by atomic mass is 9.69. The molecule has 2 aromatic carbocycles. The molecule has 2 nitrogen and oxygen atoms in total. The Bertz CT molecular complexity index is 965. The largest absolute Gasteiger partial charge is 0.441 e. The number of halogens is 2. The van der Waals surface area contributed by atoms with E-state index in [1.54, 1.807) is 0 Å². The SMILES string of the molecule is C=CC[C@@]1(C)C[C@H](c2cccc(Cl)c2)[C@@H](c2ccc(Cl)cc2)[N+]2=C1OCC2C(C)C. The molecule has 0 fully saturated rings. The molecule has 30 heavy (non-hydrogen) atoms. The lowest BCUT2D eigenvalue weighted by Gasteiger charge is -2.39. The van der Waals surface area contributed by atoms with Crippen LogP contribution in [0.2, 0.25) is 10.0 Å². The Morgan fingerprint density at radius 1 is 1.13 bits per heavy atom. The molecule has 0 radical (unpaired) electrons. The Balaban J connectivity index is 1.94. The normalized spacial score (nSPS) is 28.4. The van der Waals surface area contributed by atoms with E-state index in [-0.39, 0.29) is 17.4 Å². The second-order valence-corrected chi connectivity index (χ2v) is 10.1. The molecule has 2 aliphatic heterocycles. The molecule has 0 saturated heterocycles. The molecule has 2 heterocycles. The zero-order valence-electron chi connectivity index (χ0n) is 17.9. The summed E-state index contributed by atoms with van der Waals surface area (Å²) in [4.78, 5) is 0. The highest BCUT2D eigenvalue weighted by Gasteiger charge is 2.57. The predicted molar refractivity (Wildman–Crippen MR) is 126 cm³/mol. The average Bonchev–Trinajstić information content (AvgIpc) is 3.15. The number of allylic oxidation sites excluding steroid dienone is 1. The van der Waals surface area contributed by atoms with Crippen molar-refractivity contribution in [2.24, 2.45) is 11.3 Å². The van der Waals surface area contributed by atoms with E-state index in [1.807, 2.05) is 24.3 Å². The van der Waals surface area contributed by atoms with Gasteiger partial charge in [0.15, 0.2) is 18.7 Å². The van der Waals surface area contributed by atoms with Gasteiger partial charge in [-0.25, -0.2) is 0 Å². The number of nitrogens with zero attached hydrogens (tertiary/aromatic N) is 1. The molecule has 2 aliphatic rings. The summed E-state index contributed by atoms with van der Waals surface area (Å²) in [5, 5.41) is 1.54. The van der Waals surface area contributed by atoms with Crippen molar-refractivity contribution >= 4 is 29.1 Å². The zero-order chi connectivity index (χ0) is 21.5. The van der Waals surface area contributed by atoms with Crippen LogP contribution >= 0.6 is 23.2 Å². The van der Waals surface area contributed by atoms with E-state index < -0.39 is 0 Å². The van der Waals surface area contributed by atoms with E-state index in [2.05, 4.69) is 62.3 Å². The van der Waals surface area contributed by atoms with Gasteiger partial charge in [0, 0.05) is 21.5 Å². The molecule has 2 aromatic rings. The van der Waals surface area contributed by atoms with Gasteiger partial charge in [0.25, 0.3) is 0 Å². The average molecular weight is 443 g/mol. The van der Waals surface area contributed by atoms with Crippen molar-refractivity contribution in [2.45, 2.75) is 51.6 Å². The summed E-state index contributed by atoms with van der Waals surface area (Å²) >= 11 is 12.7. The Hall–Kier alpha value is -1.77. The summed E-state index contributed by atoms with van der Waals surface area (Å²) in [5.41, 5.74) is 2.44. The Kier molecular flexibility index (Phi) is 6.01. The molecular formula is C26H30Cl2NO+. The van der Waals surface area contributed by atoms with Gasteiger partial charge in [-0.3, -0.25) is 0 Å². The maximum Gasteiger partial charge on any atom is 0.343 e. The van der Waals surface area contributed by atoms with Crippen LogP contribution in [0.1, 0.15) is 56.7 Å². The molecule has 4 atom stereocenters. The summed E-state index contributed by atoms with van der Waals surface area (Å²) in [5.74, 6) is 1.87. The zero-order valence-corrected chi connectivity index (χ0v) is 19.5. The standard InChI is InChI=1S/C26H30Cl2NO/c1-5-13-26(4)15-22(19-7-6-8-21(28)14-19)24(18-9-11-20(27)12-10-18)29-23(17(2)3)16-30-25(26)29/h5-12,14,17,22-24H,1,13,15-16H2,2-4H3/q+1/t22-,23?,24-,26+/m1/s1. The monoisotopic (exact) mass is 442 g/mol. The van der Waals surface area contributed by atoms with Crippen LogP contribution < -0.4 is 0 Å². The van der Waals surface area contributed by atoms with Gasteiger partial charge in [-0.1, -0.05) is 67.4 Å². The fourth-order valence-electron chi connectivity index (χ4n) is 5.26. The number of ether oxygens (including phenoxy) is 1. The minimum Gasteiger partial charge on any atom is -0.441 e. The second-order valence-electron chi connectivity index (χ2n) is 9.25. The van der Waals surface area contributed by atoms with Gasteiger partial charge >= 0.3 is 5.90 Å². The molecule has 0 aliphatic carbocycles. The van der Waals surface area contributed by atoms with Crippen LogP contribution in [0.4, 0.5) is 0 Å². The van der Waals surface area contributed by atoms with Crippen molar-refractivity contribution in [2.75, 3.05) is 6.61 Å². The summed E-state index contributed by atoms with van der Waals surface area (Å²) < 4.78 is 8.99. The number of hydrogen-bond donors (Lipinski definition) is 0. The second kappa shape index (κ2) is 8.40. The summed E-state index contributed by atoms with van der Waals surface area (Å²) in [7, 11) is 0. The lowest BCUT2D eigenvalue weighted by Crippen LogP contribution is -2.46. The fourth-order valence-corrected chi connectivity index (χ4v) is 5.58. The smallest absolute Gasteiger partial charge is 0.343 e. The fraction of sp³-hybridized carbons (Fsp3) is 0.423. The van der Waals surface area contributed by atoms with Crippen LogP contribution in [0.15, 0.2) is 61.2 Å². The molecule has 0 aromatic heterocycles. The molecule has 0 bridgehead atoms. The van der Waals surface area contributed by atoms with Crippen LogP contribution in [0, 0.1) is 11.3 Å². The summed E-state index contributed by atoms with van der Waals surface area (Å²) in [6.45, 7) is 11.6. The summed E-state index contributed by atoms with van der Waals surface area (Å²) in [6, 6.07) is 17.1. The van der Waals surface area contributed by atoms with Gasteiger partial charge in [0.1, 0.15) is 0 Å². The van der Waals surface area contributed by atoms with Crippen LogP contribution in [0.3, 0.4) is 0 Å². The minimum atomic E-state index is -0.0959. The van der Waals surface area contributed by atoms with E-state index in [0.717, 1.165) is 35.4 Å². The maximum atomic E-state index is 6.43. The third-order valence-electron chi connectivity index (χ3n) is 6.70. The molecule has 1 unspecified atom stereocenters. The molecule has 0 amide bonds. The maximum absolute atomic E-state index is 6.43. The number of hydrogen-bond acceptors (Lipinski definition) is 1. The predicted octanol–water partition coefficient (Wildman–Crippen LogP) is 7.27. The summed E-state index contributed by atoms with van der Waals surface area (Å²) in [6.07, 6.45) is 3.88. The van der Waals surface area contributed by atoms with Crippen LogP contribution in [-0.4, -0.2) is 23.1 Å². The first-order valence-electron chi connectivity index (χ1n) is 10.7. The Morgan fingerprint density at radius 2 is 1.87 bits per heavy atom. The third kappa shape index (κ3) is 3.81. The molecule has 0 N–H and O–H groups in total. The van der Waals surface area contributed by atoms with Crippen molar-refractivity contribution in [1.82, 2.24) is 0 Å². The highest BCUT2D eigenvalue weighted by Crippen LogP contribution is 2.51. The van der Waals surface area contributed by atoms with Gasteiger partial charge in [0.05, 0.1) is 11.3 Å². The topological polar surface area (TPSA) is 12.2 Å². The van der Waals surface area contributed by atoms with Crippen molar-refractivity contribution in [3.05, 3.63) is 82.4 Å². The van der Waals surface area contributed by atoms with E-state index in [4.69, 9.17) is 27.9 Å². The van der Waals surface area contributed by atoms with Gasteiger partial charge in [-0.05, 0) is 49.6 Å². The number of rotatable bonds is 5. The van der Waals surface area contributed by atoms with E-state index >= 15 is 0 Å². The first-order chi connectivity index (χ1) is 14.3. The van der Waals surface area contributed by atoms with Crippen molar-refractivity contribution < 1.29 is 9.31 Å². The molecular weight excluding hydrogens is 413 g/mol. The molecule has 4 rings (SSSR count). The van der Waals surface area contributed by atoms with Crippen molar-refractivity contribution in [3.8, 4) is 0 Å². The first-order valence-corrected chi connectivity index (χ1v) is 11.5. The molecule has 4 heteroatoms. The Morgan fingerprint density at radius 3 is 2.50 bits per heavy atom. The van der Waals surface area contributed by atoms with Crippen molar-refractivity contribution in [1.29, 1.82) is 0 Å². The van der Waals surface area contributed by atoms with E-state index in [9.17, 15) is 0 Å². The van der Waals surface area contributed by atoms with Crippen LogP contribution in [0.5, 0.6) is 0 Å².